The molecule has 3 aromatic carbocycles. The molecule has 0 radical (unpaired) electrons. The van der Waals surface area contributed by atoms with E-state index in [0.717, 1.165) is 16.2 Å². The van der Waals surface area contributed by atoms with Gasteiger partial charge in [-0.1, -0.05) is 35.9 Å². The van der Waals surface area contributed by atoms with Crippen molar-refractivity contribution in [2.24, 2.45) is 5.10 Å². The summed E-state index contributed by atoms with van der Waals surface area (Å²) in [4.78, 5) is 0.0629. The van der Waals surface area contributed by atoms with E-state index in [0.29, 0.717) is 34.2 Å². The van der Waals surface area contributed by atoms with E-state index >= 15 is 0 Å². The number of hydrogen-bond acceptors (Lipinski definition) is 6. The average molecular weight is 520 g/mol. The Bertz CT molecular complexity index is 1440. The van der Waals surface area contributed by atoms with E-state index in [1.54, 1.807) is 55.6 Å². The topological polar surface area (TPSA) is 105 Å². The summed E-state index contributed by atoms with van der Waals surface area (Å²) in [6.07, 6.45) is 1.36. The lowest BCUT2D eigenvalue weighted by atomic mass is 9.99. The number of benzene rings is 3. The summed E-state index contributed by atoms with van der Waals surface area (Å²) in [6.45, 7) is 0. The Morgan fingerprint density at radius 3 is 2.29 bits per heavy atom. The molecule has 0 saturated carbocycles. The second kappa shape index (κ2) is 9.28. The molecule has 1 heterocycles. The van der Waals surface area contributed by atoms with Gasteiger partial charge in [0.25, 0.3) is 10.0 Å². The summed E-state index contributed by atoms with van der Waals surface area (Å²) in [5, 5.41) is 4.91. The fourth-order valence-corrected chi connectivity index (χ4v) is 5.76. The summed E-state index contributed by atoms with van der Waals surface area (Å²) in [5.41, 5.74) is 2.22. The van der Waals surface area contributed by atoms with Gasteiger partial charge in [-0.25, -0.2) is 8.42 Å². The Morgan fingerprint density at radius 2 is 1.68 bits per heavy atom. The molecule has 1 aliphatic rings. The van der Waals surface area contributed by atoms with Gasteiger partial charge in [0.1, 0.15) is 5.75 Å². The summed E-state index contributed by atoms with van der Waals surface area (Å²) in [6, 6.07) is 19.1. The third kappa shape index (κ3) is 5.19. The van der Waals surface area contributed by atoms with Gasteiger partial charge in [0.05, 0.1) is 30.0 Å². The van der Waals surface area contributed by atoms with E-state index < -0.39 is 26.1 Å². The molecular formula is C23H22ClN3O5S2. The molecule has 34 heavy (non-hydrogen) atoms. The van der Waals surface area contributed by atoms with Gasteiger partial charge in [-0.3, -0.25) is 4.72 Å². The molecule has 0 fully saturated rings. The quantitative estimate of drug-likeness (QED) is 0.502. The average Bonchev–Trinajstić information content (AvgIpc) is 3.25. The van der Waals surface area contributed by atoms with Crippen LogP contribution in [-0.4, -0.2) is 40.3 Å². The highest BCUT2D eigenvalue weighted by Gasteiger charge is 2.37. The molecule has 8 nitrogen and oxygen atoms in total. The fraction of sp³-hybridized carbons (Fsp3) is 0.174. The van der Waals surface area contributed by atoms with Gasteiger partial charge in [0.2, 0.25) is 10.0 Å². The predicted molar refractivity (Wildman–Crippen MR) is 132 cm³/mol. The van der Waals surface area contributed by atoms with Crippen LogP contribution in [0.2, 0.25) is 5.02 Å². The standard InChI is InChI=1S/C23H22ClN3O5S2/c1-32-20-10-6-16(7-11-20)23-15-22(17-4-3-5-19(14-17)26-33(2,28)29)25-27(23)34(30,31)21-12-8-18(24)9-13-21/h3-14,23,26H,15H2,1-2H3/t23-/m0/s1. The molecule has 0 unspecified atom stereocenters. The van der Waals surface area contributed by atoms with Crippen molar-refractivity contribution in [2.45, 2.75) is 17.4 Å². The number of methoxy groups -OCH3 is 1. The summed E-state index contributed by atoms with van der Waals surface area (Å²) in [7, 11) is -5.92. The molecule has 1 aliphatic heterocycles. The van der Waals surface area contributed by atoms with E-state index in [1.165, 1.54) is 24.3 Å². The molecule has 0 bridgehead atoms. The van der Waals surface area contributed by atoms with Crippen LogP contribution in [0.25, 0.3) is 0 Å². The van der Waals surface area contributed by atoms with Crippen molar-refractivity contribution < 1.29 is 21.6 Å². The van der Waals surface area contributed by atoms with Crippen LogP contribution >= 0.6 is 11.6 Å². The molecule has 4 rings (SSSR count). The Balaban J connectivity index is 1.77. The Kier molecular flexibility index (Phi) is 6.57. The normalized spacial score (nSPS) is 16.3. The van der Waals surface area contributed by atoms with Crippen LogP contribution in [-0.2, 0) is 20.0 Å². The van der Waals surface area contributed by atoms with Gasteiger partial charge in [-0.05, 0) is 59.7 Å². The van der Waals surface area contributed by atoms with Crippen molar-refractivity contribution in [3.05, 3.63) is 88.9 Å². The van der Waals surface area contributed by atoms with Gasteiger partial charge >= 0.3 is 0 Å². The van der Waals surface area contributed by atoms with Gasteiger partial charge in [0.15, 0.2) is 0 Å². The summed E-state index contributed by atoms with van der Waals surface area (Å²) >= 11 is 5.94. The van der Waals surface area contributed by atoms with Crippen LogP contribution in [0, 0.1) is 0 Å². The SMILES string of the molecule is COc1ccc([C@@H]2CC(c3cccc(NS(C)(=O)=O)c3)=NN2S(=O)(=O)c2ccc(Cl)cc2)cc1. The van der Waals surface area contributed by atoms with Gasteiger partial charge in [-0.15, -0.1) is 0 Å². The van der Waals surface area contributed by atoms with Crippen LogP contribution in [0.5, 0.6) is 5.75 Å². The van der Waals surface area contributed by atoms with Crippen LogP contribution in [0.15, 0.2) is 82.8 Å². The number of anilines is 1. The van der Waals surface area contributed by atoms with E-state index in [-0.39, 0.29) is 4.90 Å². The minimum atomic E-state index is -4.00. The first-order chi connectivity index (χ1) is 16.1. The predicted octanol–water partition coefficient (Wildman–Crippen LogP) is 4.26. The van der Waals surface area contributed by atoms with Crippen molar-refractivity contribution in [3.63, 3.8) is 0 Å². The minimum absolute atomic E-state index is 0.0629. The lowest BCUT2D eigenvalue weighted by molar-refractivity contribution is 0.370. The van der Waals surface area contributed by atoms with E-state index in [4.69, 9.17) is 16.3 Å². The highest BCUT2D eigenvalue weighted by Crippen LogP contribution is 2.38. The van der Waals surface area contributed by atoms with Crippen molar-refractivity contribution >= 4 is 43.0 Å². The second-order valence-electron chi connectivity index (χ2n) is 7.73. The Morgan fingerprint density at radius 1 is 1.00 bits per heavy atom. The number of sulfonamides is 2. The van der Waals surface area contributed by atoms with Crippen molar-refractivity contribution in [1.29, 1.82) is 0 Å². The van der Waals surface area contributed by atoms with Crippen LogP contribution in [0.3, 0.4) is 0 Å². The maximum absolute atomic E-state index is 13.5. The zero-order valence-electron chi connectivity index (χ0n) is 18.3. The fourth-order valence-electron chi connectivity index (χ4n) is 3.65. The number of hydrogen-bond donors (Lipinski definition) is 1. The zero-order chi connectivity index (χ0) is 24.5. The molecule has 0 aromatic heterocycles. The first kappa shape index (κ1) is 24.1. The molecule has 0 spiro atoms. The first-order valence-corrected chi connectivity index (χ1v) is 13.9. The zero-order valence-corrected chi connectivity index (χ0v) is 20.7. The Labute approximate surface area is 203 Å². The maximum Gasteiger partial charge on any atom is 0.279 e. The number of halogens is 1. The highest BCUT2D eigenvalue weighted by atomic mass is 35.5. The lowest BCUT2D eigenvalue weighted by Gasteiger charge is -2.23. The third-order valence-corrected chi connectivity index (χ3v) is 7.78. The molecule has 1 N–H and O–H groups in total. The van der Waals surface area contributed by atoms with Gasteiger partial charge in [-0.2, -0.15) is 17.9 Å². The van der Waals surface area contributed by atoms with E-state index in [1.807, 2.05) is 0 Å². The van der Waals surface area contributed by atoms with Crippen LogP contribution in [0.1, 0.15) is 23.6 Å². The second-order valence-corrected chi connectivity index (χ2v) is 11.7. The van der Waals surface area contributed by atoms with E-state index in [9.17, 15) is 16.8 Å². The number of hydrazone groups is 1. The van der Waals surface area contributed by atoms with Crippen LogP contribution in [0.4, 0.5) is 5.69 Å². The minimum Gasteiger partial charge on any atom is -0.497 e. The molecule has 0 saturated heterocycles. The third-order valence-electron chi connectivity index (χ3n) is 5.23. The number of rotatable bonds is 7. The maximum atomic E-state index is 13.5. The highest BCUT2D eigenvalue weighted by molar-refractivity contribution is 7.92. The first-order valence-electron chi connectivity index (χ1n) is 10.2. The van der Waals surface area contributed by atoms with Crippen molar-refractivity contribution in [2.75, 3.05) is 18.1 Å². The number of nitrogens with one attached hydrogen (secondary N) is 1. The van der Waals surface area contributed by atoms with Gasteiger partial charge < -0.3 is 4.74 Å². The van der Waals surface area contributed by atoms with Crippen molar-refractivity contribution in [1.82, 2.24) is 4.41 Å². The lowest BCUT2D eigenvalue weighted by Crippen LogP contribution is -2.27. The molecule has 0 aliphatic carbocycles. The molecule has 178 valence electrons. The Hall–Kier alpha value is -3.08. The summed E-state index contributed by atoms with van der Waals surface area (Å²) in [5.74, 6) is 0.648. The largest absolute Gasteiger partial charge is 0.497 e. The summed E-state index contributed by atoms with van der Waals surface area (Å²) < 4.78 is 59.1. The molecule has 1 atom stereocenters. The van der Waals surface area contributed by atoms with Gasteiger partial charge in [0, 0.05) is 17.1 Å². The molecular weight excluding hydrogens is 498 g/mol. The smallest absolute Gasteiger partial charge is 0.279 e. The van der Waals surface area contributed by atoms with Crippen LogP contribution < -0.4 is 9.46 Å². The molecule has 0 amide bonds. The van der Waals surface area contributed by atoms with E-state index in [2.05, 4.69) is 9.82 Å². The monoisotopic (exact) mass is 519 g/mol. The number of ether oxygens (including phenoxy) is 1. The van der Waals surface area contributed by atoms with Crippen molar-refractivity contribution in [3.8, 4) is 5.75 Å². The molecule has 11 heteroatoms. The molecule has 3 aromatic rings. The number of nitrogens with zero attached hydrogens (tertiary/aromatic N) is 2.